The van der Waals surface area contributed by atoms with Crippen molar-refractivity contribution in [3.63, 3.8) is 0 Å². The number of nitrogens with one attached hydrogen (secondary N) is 1. The summed E-state index contributed by atoms with van der Waals surface area (Å²) in [5, 5.41) is 15.3. The fraction of sp³-hybridized carbons (Fsp3) is 0.364. The minimum absolute atomic E-state index is 0.0633. The highest BCUT2D eigenvalue weighted by atomic mass is 35.5. The average molecular weight is 387 g/mol. The molecule has 4 nitrogen and oxygen atoms in total. The predicted molar refractivity (Wildman–Crippen MR) is 115 cm³/mol. The molecule has 0 aliphatic carbocycles. The fourth-order valence-electron chi connectivity index (χ4n) is 3.14. The summed E-state index contributed by atoms with van der Waals surface area (Å²) in [6.07, 6.45) is 1.77. The van der Waals surface area contributed by atoms with Crippen LogP contribution >= 0.6 is 11.6 Å². The summed E-state index contributed by atoms with van der Waals surface area (Å²) < 4.78 is 0. The van der Waals surface area contributed by atoms with Crippen molar-refractivity contribution in [1.29, 1.82) is 0 Å². The van der Waals surface area contributed by atoms with Crippen molar-refractivity contribution < 1.29 is 4.92 Å². The molecule has 0 radical (unpaired) electrons. The van der Waals surface area contributed by atoms with Gasteiger partial charge in [-0.25, -0.2) is 0 Å². The largest absolute Gasteiger partial charge is 0.380 e. The number of halogens is 1. The van der Waals surface area contributed by atoms with Crippen molar-refractivity contribution in [3.05, 3.63) is 73.8 Å². The SMILES string of the molecule is C/C(Cl)=C/c1cc([N+](=O)[O-])ccc1CNc1c(C(C)C)cccc1C(C)C. The molecule has 0 fully saturated rings. The Balaban J connectivity index is 2.42. The standard InChI is InChI=1S/C22H27ClN2O2/c1-14(2)20-7-6-8-21(15(3)4)22(20)24-13-17-9-10-19(25(26)27)12-18(17)11-16(5)23/h6-12,14-15,24H,13H2,1-5H3/b16-11-. The van der Waals surface area contributed by atoms with Crippen molar-refractivity contribution in [3.8, 4) is 0 Å². The maximum atomic E-state index is 11.1. The van der Waals surface area contributed by atoms with Gasteiger partial charge in [-0.1, -0.05) is 57.5 Å². The van der Waals surface area contributed by atoms with E-state index in [1.165, 1.54) is 17.2 Å². The molecular formula is C22H27ClN2O2. The van der Waals surface area contributed by atoms with Crippen LogP contribution in [0.5, 0.6) is 0 Å². The van der Waals surface area contributed by atoms with Crippen LogP contribution < -0.4 is 5.32 Å². The maximum Gasteiger partial charge on any atom is 0.270 e. The van der Waals surface area contributed by atoms with Crippen molar-refractivity contribution in [2.24, 2.45) is 0 Å². The number of hydrogen-bond acceptors (Lipinski definition) is 3. The molecule has 0 saturated carbocycles. The van der Waals surface area contributed by atoms with Crippen LogP contribution in [0.4, 0.5) is 11.4 Å². The first-order valence-electron chi connectivity index (χ1n) is 9.18. The van der Waals surface area contributed by atoms with Gasteiger partial charge in [0.05, 0.1) is 4.92 Å². The zero-order valence-electron chi connectivity index (χ0n) is 16.5. The highest BCUT2D eigenvalue weighted by Crippen LogP contribution is 2.33. The van der Waals surface area contributed by atoms with E-state index in [4.69, 9.17) is 11.6 Å². The quantitative estimate of drug-likeness (QED) is 0.409. The van der Waals surface area contributed by atoms with Crippen LogP contribution in [0.3, 0.4) is 0 Å². The molecule has 0 saturated heterocycles. The summed E-state index contributed by atoms with van der Waals surface area (Å²) in [6.45, 7) is 11.1. The van der Waals surface area contributed by atoms with Gasteiger partial charge < -0.3 is 5.32 Å². The molecule has 0 aromatic heterocycles. The summed E-state index contributed by atoms with van der Waals surface area (Å²) >= 11 is 6.04. The van der Waals surface area contributed by atoms with Gasteiger partial charge in [-0.05, 0) is 53.2 Å². The van der Waals surface area contributed by atoms with E-state index in [2.05, 4.69) is 51.2 Å². The van der Waals surface area contributed by atoms with E-state index >= 15 is 0 Å². The van der Waals surface area contributed by atoms with Gasteiger partial charge in [0.2, 0.25) is 0 Å². The van der Waals surface area contributed by atoms with E-state index in [9.17, 15) is 10.1 Å². The van der Waals surface area contributed by atoms with Crippen molar-refractivity contribution in [1.82, 2.24) is 0 Å². The third-order valence-electron chi connectivity index (χ3n) is 4.52. The molecule has 5 heteroatoms. The second-order valence-corrected chi connectivity index (χ2v) is 7.94. The molecule has 27 heavy (non-hydrogen) atoms. The Morgan fingerprint density at radius 3 is 2.22 bits per heavy atom. The summed E-state index contributed by atoms with van der Waals surface area (Å²) in [7, 11) is 0. The van der Waals surface area contributed by atoms with Crippen LogP contribution in [-0.4, -0.2) is 4.92 Å². The average Bonchev–Trinajstić information content (AvgIpc) is 2.59. The first kappa shape index (κ1) is 21.0. The number of non-ortho nitro benzene ring substituents is 1. The molecule has 2 rings (SSSR count). The smallest absolute Gasteiger partial charge is 0.270 e. The van der Waals surface area contributed by atoms with Crippen LogP contribution in [0, 0.1) is 10.1 Å². The van der Waals surface area contributed by atoms with Gasteiger partial charge in [0.15, 0.2) is 0 Å². The number of hydrogen-bond donors (Lipinski definition) is 1. The zero-order chi connectivity index (χ0) is 20.1. The number of nitrogens with zero attached hydrogens (tertiary/aromatic N) is 1. The lowest BCUT2D eigenvalue weighted by atomic mass is 9.92. The lowest BCUT2D eigenvalue weighted by Gasteiger charge is -2.21. The Kier molecular flexibility index (Phi) is 7.03. The number of nitro groups is 1. The maximum absolute atomic E-state index is 11.1. The normalized spacial score (nSPS) is 11.9. The predicted octanol–water partition coefficient (Wildman–Crippen LogP) is 7.05. The summed E-state index contributed by atoms with van der Waals surface area (Å²) in [6, 6.07) is 11.3. The fourth-order valence-corrected chi connectivity index (χ4v) is 3.26. The Hall–Kier alpha value is -2.33. The van der Waals surface area contributed by atoms with E-state index in [1.807, 2.05) is 0 Å². The third kappa shape index (κ3) is 5.33. The number of allylic oxidation sites excluding steroid dienone is 1. The summed E-state index contributed by atoms with van der Waals surface area (Å²) in [4.78, 5) is 10.7. The van der Waals surface area contributed by atoms with Crippen LogP contribution in [0.15, 0.2) is 41.4 Å². The molecular weight excluding hydrogens is 360 g/mol. The minimum atomic E-state index is -0.386. The van der Waals surface area contributed by atoms with E-state index in [0.717, 1.165) is 16.8 Å². The van der Waals surface area contributed by atoms with Gasteiger partial charge in [0, 0.05) is 29.4 Å². The van der Waals surface area contributed by atoms with E-state index in [-0.39, 0.29) is 10.6 Å². The molecule has 0 aliphatic heterocycles. The molecule has 0 heterocycles. The van der Waals surface area contributed by atoms with Crippen molar-refractivity contribution in [2.75, 3.05) is 5.32 Å². The second kappa shape index (κ2) is 9.05. The second-order valence-electron chi connectivity index (χ2n) is 7.35. The molecule has 144 valence electrons. The first-order valence-corrected chi connectivity index (χ1v) is 9.56. The Morgan fingerprint density at radius 2 is 1.74 bits per heavy atom. The Bertz CT molecular complexity index is 827. The summed E-state index contributed by atoms with van der Waals surface area (Å²) in [5.41, 5.74) is 5.49. The van der Waals surface area contributed by atoms with Gasteiger partial charge in [-0.3, -0.25) is 10.1 Å². The van der Waals surface area contributed by atoms with Crippen LogP contribution in [0.2, 0.25) is 0 Å². The number of benzene rings is 2. The lowest BCUT2D eigenvalue weighted by Crippen LogP contribution is -2.08. The molecule has 0 bridgehead atoms. The minimum Gasteiger partial charge on any atom is -0.380 e. The number of rotatable bonds is 7. The molecule has 2 aromatic rings. The van der Waals surface area contributed by atoms with Crippen LogP contribution in [0.25, 0.3) is 6.08 Å². The Labute approximate surface area is 166 Å². The molecule has 1 N–H and O–H groups in total. The van der Waals surface area contributed by atoms with Crippen molar-refractivity contribution >= 4 is 29.1 Å². The van der Waals surface area contributed by atoms with Gasteiger partial charge in [0.1, 0.15) is 0 Å². The van der Waals surface area contributed by atoms with Crippen LogP contribution in [0.1, 0.15) is 68.7 Å². The van der Waals surface area contributed by atoms with E-state index in [0.29, 0.717) is 23.4 Å². The van der Waals surface area contributed by atoms with E-state index in [1.54, 1.807) is 25.1 Å². The third-order valence-corrected chi connectivity index (χ3v) is 4.63. The van der Waals surface area contributed by atoms with Crippen molar-refractivity contribution in [2.45, 2.75) is 53.0 Å². The monoisotopic (exact) mass is 386 g/mol. The highest BCUT2D eigenvalue weighted by molar-refractivity contribution is 6.31. The number of nitro benzene ring substituents is 1. The van der Waals surface area contributed by atoms with Gasteiger partial charge in [-0.2, -0.15) is 0 Å². The first-order chi connectivity index (χ1) is 12.7. The van der Waals surface area contributed by atoms with Gasteiger partial charge in [-0.15, -0.1) is 0 Å². The van der Waals surface area contributed by atoms with E-state index < -0.39 is 0 Å². The molecule has 0 unspecified atom stereocenters. The van der Waals surface area contributed by atoms with Gasteiger partial charge in [0.25, 0.3) is 5.69 Å². The molecule has 0 aliphatic rings. The Morgan fingerprint density at radius 1 is 1.15 bits per heavy atom. The highest BCUT2D eigenvalue weighted by Gasteiger charge is 2.15. The number of anilines is 1. The summed E-state index contributed by atoms with van der Waals surface area (Å²) in [5.74, 6) is 0.792. The number of para-hydroxylation sites is 1. The molecule has 0 spiro atoms. The lowest BCUT2D eigenvalue weighted by molar-refractivity contribution is -0.384. The van der Waals surface area contributed by atoms with Crippen LogP contribution in [-0.2, 0) is 6.54 Å². The molecule has 0 amide bonds. The van der Waals surface area contributed by atoms with Gasteiger partial charge >= 0.3 is 0 Å². The zero-order valence-corrected chi connectivity index (χ0v) is 17.3. The molecule has 2 aromatic carbocycles. The molecule has 0 atom stereocenters. The topological polar surface area (TPSA) is 55.2 Å².